The first-order chi connectivity index (χ1) is 12.0. The molecule has 0 fully saturated rings. The number of anilines is 2. The summed E-state index contributed by atoms with van der Waals surface area (Å²) in [4.78, 5) is 20.7. The molecule has 25 heavy (non-hydrogen) atoms. The maximum atomic E-state index is 11.5. The van der Waals surface area contributed by atoms with Crippen molar-refractivity contribution in [2.75, 3.05) is 5.32 Å². The first kappa shape index (κ1) is 15.4. The van der Waals surface area contributed by atoms with E-state index in [2.05, 4.69) is 15.3 Å². The van der Waals surface area contributed by atoms with Gasteiger partial charge in [-0.15, -0.1) is 0 Å². The molecule has 3 N–H and O–H groups in total. The van der Waals surface area contributed by atoms with Gasteiger partial charge >= 0.3 is 0 Å². The zero-order valence-electron chi connectivity index (χ0n) is 13.3. The Kier molecular flexibility index (Phi) is 3.54. The Hall–Kier alpha value is -3.12. The minimum absolute atomic E-state index is 0.404. The molecule has 0 atom stereocenters. The third kappa shape index (κ3) is 2.77. The van der Waals surface area contributed by atoms with E-state index in [1.54, 1.807) is 18.2 Å². The number of fused-ring (bicyclic) bond motifs is 3. The molecule has 124 valence electrons. The molecule has 0 saturated carbocycles. The number of aromatic nitrogens is 3. The number of aryl methyl sites for hydroxylation is 1. The SMILES string of the molecule is Cc1cn2c(Nc3cccc(Cl)c3)nc3cc(C(N)=O)ccc3c2n1. The number of halogens is 1. The van der Waals surface area contributed by atoms with Crippen molar-refractivity contribution in [1.82, 2.24) is 14.4 Å². The summed E-state index contributed by atoms with van der Waals surface area (Å²) in [5.41, 5.74) is 8.84. The second-order valence-corrected chi connectivity index (χ2v) is 6.18. The first-order valence-electron chi connectivity index (χ1n) is 7.63. The predicted octanol–water partition coefficient (Wildman–Crippen LogP) is 3.69. The van der Waals surface area contributed by atoms with E-state index in [0.717, 1.165) is 22.4 Å². The molecule has 6 nitrogen and oxygen atoms in total. The summed E-state index contributed by atoms with van der Waals surface area (Å²) in [5, 5.41) is 4.72. The van der Waals surface area contributed by atoms with Crippen LogP contribution in [-0.2, 0) is 0 Å². The summed E-state index contributed by atoms with van der Waals surface area (Å²) < 4.78 is 1.88. The lowest BCUT2D eigenvalue weighted by Gasteiger charge is -2.11. The molecule has 0 unspecified atom stereocenters. The molecule has 0 aliphatic heterocycles. The van der Waals surface area contributed by atoms with Crippen LogP contribution in [0.5, 0.6) is 0 Å². The monoisotopic (exact) mass is 351 g/mol. The van der Waals surface area contributed by atoms with Gasteiger partial charge in [-0.1, -0.05) is 17.7 Å². The Bertz CT molecular complexity index is 1140. The molecule has 4 aromatic rings. The standard InChI is InChI=1S/C18H14ClN5O/c1-10-9-24-17(21-10)14-6-5-11(16(20)25)7-15(14)23-18(24)22-13-4-2-3-12(19)8-13/h2-9H,1H3,(H2,20,25)(H,22,23). The van der Waals surface area contributed by atoms with Gasteiger partial charge in [0.2, 0.25) is 11.9 Å². The summed E-state index contributed by atoms with van der Waals surface area (Å²) in [7, 11) is 0. The molecule has 4 rings (SSSR count). The van der Waals surface area contributed by atoms with Crippen LogP contribution in [0.4, 0.5) is 11.6 Å². The second kappa shape index (κ2) is 5.75. The van der Waals surface area contributed by atoms with Crippen molar-refractivity contribution < 1.29 is 4.79 Å². The van der Waals surface area contributed by atoms with E-state index in [9.17, 15) is 4.79 Å². The van der Waals surface area contributed by atoms with Crippen LogP contribution in [0.15, 0.2) is 48.7 Å². The Labute approximate surface area is 148 Å². The van der Waals surface area contributed by atoms with Gasteiger partial charge < -0.3 is 11.1 Å². The van der Waals surface area contributed by atoms with Crippen molar-refractivity contribution >= 4 is 45.7 Å². The van der Waals surface area contributed by atoms with Gasteiger partial charge in [-0.25, -0.2) is 9.97 Å². The van der Waals surface area contributed by atoms with E-state index in [4.69, 9.17) is 17.3 Å². The minimum atomic E-state index is -0.493. The first-order valence-corrected chi connectivity index (χ1v) is 8.01. The van der Waals surface area contributed by atoms with Crippen LogP contribution in [0, 0.1) is 6.92 Å². The van der Waals surface area contributed by atoms with E-state index < -0.39 is 5.91 Å². The molecule has 7 heteroatoms. The van der Waals surface area contributed by atoms with Crippen LogP contribution in [-0.4, -0.2) is 20.3 Å². The number of carbonyl (C=O) groups is 1. The number of nitrogens with two attached hydrogens (primary N) is 1. The fourth-order valence-electron chi connectivity index (χ4n) is 2.77. The van der Waals surface area contributed by atoms with Crippen LogP contribution < -0.4 is 11.1 Å². The lowest BCUT2D eigenvalue weighted by atomic mass is 10.1. The quantitative estimate of drug-likeness (QED) is 0.589. The van der Waals surface area contributed by atoms with Gasteiger partial charge in [0, 0.05) is 27.9 Å². The van der Waals surface area contributed by atoms with Crippen LogP contribution in [0.25, 0.3) is 16.6 Å². The summed E-state index contributed by atoms with van der Waals surface area (Å²) in [6.45, 7) is 1.92. The molecule has 0 aliphatic rings. The number of imidazole rings is 1. The molecule has 0 bridgehead atoms. The highest BCUT2D eigenvalue weighted by atomic mass is 35.5. The average molecular weight is 352 g/mol. The lowest BCUT2D eigenvalue weighted by Crippen LogP contribution is -2.11. The molecule has 0 saturated heterocycles. The molecular formula is C18H14ClN5O. The van der Waals surface area contributed by atoms with Gasteiger partial charge in [-0.05, 0) is 43.3 Å². The number of hydrogen-bond acceptors (Lipinski definition) is 4. The number of nitrogens with one attached hydrogen (secondary N) is 1. The Morgan fingerprint density at radius 3 is 2.80 bits per heavy atom. The van der Waals surface area contributed by atoms with Crippen LogP contribution in [0.1, 0.15) is 16.1 Å². The van der Waals surface area contributed by atoms with E-state index in [1.165, 1.54) is 0 Å². The van der Waals surface area contributed by atoms with E-state index in [1.807, 2.05) is 41.8 Å². The fraction of sp³-hybridized carbons (Fsp3) is 0.0556. The van der Waals surface area contributed by atoms with Gasteiger partial charge in [-0.3, -0.25) is 9.20 Å². The maximum absolute atomic E-state index is 11.5. The van der Waals surface area contributed by atoms with Gasteiger partial charge in [0.25, 0.3) is 0 Å². The van der Waals surface area contributed by atoms with E-state index in [0.29, 0.717) is 22.1 Å². The highest BCUT2D eigenvalue weighted by Gasteiger charge is 2.12. The second-order valence-electron chi connectivity index (χ2n) is 5.74. The fourth-order valence-corrected chi connectivity index (χ4v) is 2.96. The zero-order valence-corrected chi connectivity index (χ0v) is 14.1. The van der Waals surface area contributed by atoms with Gasteiger partial charge in [0.1, 0.15) is 5.65 Å². The number of primary amides is 1. The zero-order chi connectivity index (χ0) is 17.6. The van der Waals surface area contributed by atoms with E-state index >= 15 is 0 Å². The highest BCUT2D eigenvalue weighted by molar-refractivity contribution is 6.30. The third-order valence-corrected chi connectivity index (χ3v) is 4.12. The van der Waals surface area contributed by atoms with Crippen molar-refractivity contribution in [1.29, 1.82) is 0 Å². The van der Waals surface area contributed by atoms with Crippen molar-refractivity contribution in [3.8, 4) is 0 Å². The Morgan fingerprint density at radius 1 is 1.20 bits per heavy atom. The summed E-state index contributed by atoms with van der Waals surface area (Å²) in [5.74, 6) is 0.0828. The number of nitrogens with zero attached hydrogens (tertiary/aromatic N) is 3. The maximum Gasteiger partial charge on any atom is 0.248 e. The molecular weight excluding hydrogens is 338 g/mol. The molecule has 2 heterocycles. The molecule has 0 aliphatic carbocycles. The molecule has 0 radical (unpaired) electrons. The average Bonchev–Trinajstić information content (AvgIpc) is 2.96. The third-order valence-electron chi connectivity index (χ3n) is 3.88. The summed E-state index contributed by atoms with van der Waals surface area (Å²) >= 11 is 6.05. The highest BCUT2D eigenvalue weighted by Crippen LogP contribution is 2.26. The summed E-state index contributed by atoms with van der Waals surface area (Å²) in [6, 6.07) is 12.5. The normalized spacial score (nSPS) is 11.1. The van der Waals surface area contributed by atoms with E-state index in [-0.39, 0.29) is 0 Å². The topological polar surface area (TPSA) is 85.3 Å². The number of benzene rings is 2. The minimum Gasteiger partial charge on any atom is -0.366 e. The molecule has 2 aromatic heterocycles. The van der Waals surface area contributed by atoms with Gasteiger partial charge in [0.05, 0.1) is 11.2 Å². The predicted molar refractivity (Wildman–Crippen MR) is 98.5 cm³/mol. The van der Waals surface area contributed by atoms with Crippen molar-refractivity contribution in [3.05, 3.63) is 64.9 Å². The number of amides is 1. The number of rotatable bonds is 3. The van der Waals surface area contributed by atoms with Crippen molar-refractivity contribution in [2.24, 2.45) is 5.73 Å². The van der Waals surface area contributed by atoms with Crippen LogP contribution in [0.3, 0.4) is 0 Å². The van der Waals surface area contributed by atoms with Crippen molar-refractivity contribution in [3.63, 3.8) is 0 Å². The summed E-state index contributed by atoms with van der Waals surface area (Å²) in [6.07, 6.45) is 1.90. The number of carbonyl (C=O) groups excluding carboxylic acids is 1. The Morgan fingerprint density at radius 2 is 2.04 bits per heavy atom. The molecule has 2 aromatic carbocycles. The van der Waals surface area contributed by atoms with Crippen LogP contribution >= 0.6 is 11.6 Å². The molecule has 1 amide bonds. The Balaban J connectivity index is 1.95. The van der Waals surface area contributed by atoms with Crippen LogP contribution in [0.2, 0.25) is 5.02 Å². The lowest BCUT2D eigenvalue weighted by molar-refractivity contribution is 0.100. The van der Waals surface area contributed by atoms with Crippen molar-refractivity contribution in [2.45, 2.75) is 6.92 Å². The smallest absolute Gasteiger partial charge is 0.248 e. The van der Waals surface area contributed by atoms with Gasteiger partial charge in [0.15, 0.2) is 0 Å². The number of hydrogen-bond donors (Lipinski definition) is 2. The molecule has 0 spiro atoms. The van der Waals surface area contributed by atoms with Gasteiger partial charge in [-0.2, -0.15) is 0 Å². The largest absolute Gasteiger partial charge is 0.366 e.